The van der Waals surface area contributed by atoms with Crippen LogP contribution in [0.3, 0.4) is 0 Å². The minimum absolute atomic E-state index is 0.0534. The van der Waals surface area contributed by atoms with Gasteiger partial charge in [-0.2, -0.15) is 5.10 Å². The molecular formula is C24H27N5O3S2. The topological polar surface area (TPSA) is 81.8 Å². The summed E-state index contributed by atoms with van der Waals surface area (Å²) in [6, 6.07) is 9.63. The lowest BCUT2D eigenvalue weighted by Crippen LogP contribution is -2.28. The van der Waals surface area contributed by atoms with Gasteiger partial charge in [-0.15, -0.1) is 21.5 Å². The van der Waals surface area contributed by atoms with Gasteiger partial charge in [0.05, 0.1) is 36.6 Å². The number of thioether (sulfide) groups is 1. The Morgan fingerprint density at radius 1 is 1.15 bits per heavy atom. The zero-order chi connectivity index (χ0) is 23.5. The SMILES string of the molecule is COc1ccc([C@H]2CC(c3cccs3)=NN2C(=O)CSc2nnc3n2CCCCC3)cc1OC. The van der Waals surface area contributed by atoms with Crippen LogP contribution >= 0.6 is 23.1 Å². The molecule has 178 valence electrons. The molecule has 0 N–H and O–H groups in total. The van der Waals surface area contributed by atoms with Gasteiger partial charge in [-0.1, -0.05) is 30.3 Å². The number of hydrogen-bond acceptors (Lipinski definition) is 8. The van der Waals surface area contributed by atoms with E-state index in [9.17, 15) is 4.79 Å². The predicted octanol–water partition coefficient (Wildman–Crippen LogP) is 4.55. The zero-order valence-electron chi connectivity index (χ0n) is 19.3. The van der Waals surface area contributed by atoms with Crippen molar-refractivity contribution in [3.05, 3.63) is 52.0 Å². The van der Waals surface area contributed by atoms with Crippen molar-refractivity contribution in [1.29, 1.82) is 0 Å². The van der Waals surface area contributed by atoms with Crippen molar-refractivity contribution in [2.24, 2.45) is 5.10 Å². The summed E-state index contributed by atoms with van der Waals surface area (Å²) in [5, 5.41) is 17.9. The van der Waals surface area contributed by atoms with Gasteiger partial charge in [0, 0.05) is 19.4 Å². The molecule has 0 bridgehead atoms. The molecule has 0 fully saturated rings. The number of carbonyl (C=O) groups is 1. The Kier molecular flexibility index (Phi) is 6.87. The largest absolute Gasteiger partial charge is 0.493 e. The Balaban J connectivity index is 1.38. The first-order valence-corrected chi connectivity index (χ1v) is 13.2. The van der Waals surface area contributed by atoms with Crippen LogP contribution in [0.2, 0.25) is 0 Å². The average molecular weight is 498 g/mol. The van der Waals surface area contributed by atoms with Crippen molar-refractivity contribution in [1.82, 2.24) is 19.8 Å². The van der Waals surface area contributed by atoms with Gasteiger partial charge in [0.2, 0.25) is 0 Å². The first-order chi connectivity index (χ1) is 16.7. The van der Waals surface area contributed by atoms with Gasteiger partial charge in [-0.3, -0.25) is 4.79 Å². The summed E-state index contributed by atoms with van der Waals surface area (Å²) in [5.74, 6) is 2.52. The lowest BCUT2D eigenvalue weighted by atomic mass is 10.0. The van der Waals surface area contributed by atoms with E-state index in [2.05, 4.69) is 14.8 Å². The Morgan fingerprint density at radius 3 is 2.82 bits per heavy atom. The molecule has 0 saturated carbocycles. The standard InChI is InChI=1S/C24H27N5O3S2/c1-31-19-10-9-16(13-20(19)32-2)18-14-17(21-7-6-12-33-21)27-29(18)23(30)15-34-24-26-25-22-8-4-3-5-11-28(22)24/h6-7,9-10,12-13,18H,3-5,8,11,14-15H2,1-2H3/t18-/m1/s1. The van der Waals surface area contributed by atoms with E-state index >= 15 is 0 Å². The first kappa shape index (κ1) is 22.9. The van der Waals surface area contributed by atoms with Crippen molar-refractivity contribution in [3.63, 3.8) is 0 Å². The lowest BCUT2D eigenvalue weighted by molar-refractivity contribution is -0.130. The number of carbonyl (C=O) groups excluding carboxylic acids is 1. The third kappa shape index (κ3) is 4.56. The molecule has 1 amide bonds. The van der Waals surface area contributed by atoms with Crippen LogP contribution in [-0.2, 0) is 17.8 Å². The van der Waals surface area contributed by atoms with Crippen LogP contribution in [0.1, 0.15) is 48.0 Å². The number of fused-ring (bicyclic) bond motifs is 1. The maximum absolute atomic E-state index is 13.4. The molecule has 0 spiro atoms. The molecule has 8 nitrogen and oxygen atoms in total. The Morgan fingerprint density at radius 2 is 2.03 bits per heavy atom. The number of benzene rings is 1. The van der Waals surface area contributed by atoms with Gasteiger partial charge in [0.15, 0.2) is 16.7 Å². The predicted molar refractivity (Wildman–Crippen MR) is 133 cm³/mol. The summed E-state index contributed by atoms with van der Waals surface area (Å²) in [6.45, 7) is 0.914. The van der Waals surface area contributed by atoms with E-state index in [1.165, 1.54) is 18.2 Å². The maximum atomic E-state index is 13.4. The van der Waals surface area contributed by atoms with Crippen LogP contribution in [-0.4, -0.2) is 51.4 Å². The molecule has 3 aromatic rings. The number of rotatable bonds is 7. The van der Waals surface area contributed by atoms with E-state index in [1.54, 1.807) is 30.6 Å². The van der Waals surface area contributed by atoms with Crippen LogP contribution in [0.25, 0.3) is 0 Å². The van der Waals surface area contributed by atoms with Crippen molar-refractivity contribution >= 4 is 34.7 Å². The van der Waals surface area contributed by atoms with E-state index in [0.717, 1.165) is 52.9 Å². The number of aryl methyl sites for hydroxylation is 1. The average Bonchev–Trinajstić information content (AvgIpc) is 3.59. The minimum Gasteiger partial charge on any atom is -0.493 e. The zero-order valence-corrected chi connectivity index (χ0v) is 20.9. The van der Waals surface area contributed by atoms with Crippen molar-refractivity contribution in [2.45, 2.75) is 49.8 Å². The van der Waals surface area contributed by atoms with Crippen LogP contribution in [0.15, 0.2) is 46.0 Å². The number of methoxy groups -OCH3 is 2. The van der Waals surface area contributed by atoms with Gasteiger partial charge in [-0.05, 0) is 42.0 Å². The fourth-order valence-electron chi connectivity index (χ4n) is 4.41. The Hall–Kier alpha value is -2.85. The number of thiophene rings is 1. The van der Waals surface area contributed by atoms with Gasteiger partial charge < -0.3 is 14.0 Å². The second-order valence-corrected chi connectivity index (χ2v) is 10.1. The molecule has 4 heterocycles. The Bertz CT molecular complexity index is 1190. The molecule has 34 heavy (non-hydrogen) atoms. The summed E-state index contributed by atoms with van der Waals surface area (Å²) >= 11 is 3.08. The fraction of sp³-hybridized carbons (Fsp3) is 0.417. The molecule has 2 aliphatic rings. The van der Waals surface area contributed by atoms with Crippen LogP contribution in [0.4, 0.5) is 0 Å². The molecule has 0 unspecified atom stereocenters. The molecular weight excluding hydrogens is 470 g/mol. The van der Waals surface area contributed by atoms with Crippen molar-refractivity contribution in [2.75, 3.05) is 20.0 Å². The monoisotopic (exact) mass is 497 g/mol. The second-order valence-electron chi connectivity index (χ2n) is 8.25. The van der Waals surface area contributed by atoms with Gasteiger partial charge in [-0.25, -0.2) is 5.01 Å². The molecule has 2 aromatic heterocycles. The van der Waals surface area contributed by atoms with E-state index in [0.29, 0.717) is 17.9 Å². The smallest absolute Gasteiger partial charge is 0.253 e. The molecule has 0 radical (unpaired) electrons. The molecule has 5 rings (SSSR count). The highest BCUT2D eigenvalue weighted by Crippen LogP contribution is 2.38. The molecule has 0 aliphatic carbocycles. The summed E-state index contributed by atoms with van der Waals surface area (Å²) in [5.41, 5.74) is 1.88. The molecule has 10 heteroatoms. The highest BCUT2D eigenvalue weighted by Gasteiger charge is 2.34. The molecule has 1 atom stereocenters. The quantitative estimate of drug-likeness (QED) is 0.446. The minimum atomic E-state index is -0.208. The Labute approximate surface area is 207 Å². The highest BCUT2D eigenvalue weighted by molar-refractivity contribution is 7.99. The van der Waals surface area contributed by atoms with Gasteiger partial charge >= 0.3 is 0 Å². The van der Waals surface area contributed by atoms with Gasteiger partial charge in [0.25, 0.3) is 5.91 Å². The van der Waals surface area contributed by atoms with Gasteiger partial charge in [0.1, 0.15) is 5.82 Å². The number of nitrogens with zero attached hydrogens (tertiary/aromatic N) is 5. The number of hydrogen-bond donors (Lipinski definition) is 0. The number of amides is 1. The van der Waals surface area contributed by atoms with Crippen molar-refractivity contribution < 1.29 is 14.3 Å². The highest BCUT2D eigenvalue weighted by atomic mass is 32.2. The van der Waals surface area contributed by atoms with E-state index < -0.39 is 0 Å². The normalized spacial score (nSPS) is 17.8. The van der Waals surface area contributed by atoms with E-state index in [1.807, 2.05) is 35.7 Å². The lowest BCUT2D eigenvalue weighted by Gasteiger charge is -2.22. The summed E-state index contributed by atoms with van der Waals surface area (Å²) in [4.78, 5) is 14.5. The fourth-order valence-corrected chi connectivity index (χ4v) is 5.97. The third-order valence-corrected chi connectivity index (χ3v) is 8.03. The number of ether oxygens (including phenoxy) is 2. The maximum Gasteiger partial charge on any atom is 0.253 e. The molecule has 1 aromatic carbocycles. The summed E-state index contributed by atoms with van der Waals surface area (Å²) in [6.07, 6.45) is 5.06. The summed E-state index contributed by atoms with van der Waals surface area (Å²) in [7, 11) is 3.23. The van der Waals surface area contributed by atoms with Crippen molar-refractivity contribution in [3.8, 4) is 11.5 Å². The molecule has 2 aliphatic heterocycles. The third-order valence-electron chi connectivity index (χ3n) is 6.16. The van der Waals surface area contributed by atoms with E-state index in [-0.39, 0.29) is 17.7 Å². The van der Waals surface area contributed by atoms with Crippen LogP contribution in [0.5, 0.6) is 11.5 Å². The van der Waals surface area contributed by atoms with Crippen LogP contribution in [0, 0.1) is 0 Å². The van der Waals surface area contributed by atoms with E-state index in [4.69, 9.17) is 14.6 Å². The molecule has 0 saturated heterocycles. The number of hydrazone groups is 1. The first-order valence-electron chi connectivity index (χ1n) is 11.4. The van der Waals surface area contributed by atoms with Crippen LogP contribution < -0.4 is 9.47 Å². The number of aromatic nitrogens is 3. The summed E-state index contributed by atoms with van der Waals surface area (Å²) < 4.78 is 13.1. The second kappa shape index (κ2) is 10.2.